The lowest BCUT2D eigenvalue weighted by atomic mass is 10.1. The minimum atomic E-state index is -0.884. The predicted molar refractivity (Wildman–Crippen MR) is 69.4 cm³/mol. The average molecular weight is 263 g/mol. The Hall–Kier alpha value is -2.04. The molecule has 0 radical (unpaired) electrons. The summed E-state index contributed by atoms with van der Waals surface area (Å²) in [5.74, 6) is -0.838. The monoisotopic (exact) mass is 263 g/mol. The van der Waals surface area contributed by atoms with Gasteiger partial charge in [-0.2, -0.15) is 0 Å². The van der Waals surface area contributed by atoms with Gasteiger partial charge in [-0.3, -0.25) is 9.59 Å². The van der Waals surface area contributed by atoms with E-state index in [-0.39, 0.29) is 12.5 Å². The number of ether oxygens (including phenoxy) is 1. The average Bonchev–Trinajstić information content (AvgIpc) is 2.85. The summed E-state index contributed by atoms with van der Waals surface area (Å²) >= 11 is 0. The number of carbonyl (C=O) groups excluding carboxylic acids is 1. The largest absolute Gasteiger partial charge is 0.493 e. The third-order valence-electron chi connectivity index (χ3n) is 3.30. The van der Waals surface area contributed by atoms with Crippen LogP contribution in [0.4, 0.5) is 0 Å². The van der Waals surface area contributed by atoms with Gasteiger partial charge in [0.2, 0.25) is 0 Å². The minimum absolute atomic E-state index is 0.151. The van der Waals surface area contributed by atoms with Crippen molar-refractivity contribution in [2.75, 3.05) is 13.2 Å². The van der Waals surface area contributed by atoms with Crippen LogP contribution in [0.1, 0.15) is 29.3 Å². The van der Waals surface area contributed by atoms with E-state index in [1.807, 2.05) is 0 Å². The molecule has 1 aromatic rings. The highest BCUT2D eigenvalue weighted by Crippen LogP contribution is 2.25. The Balaban J connectivity index is 1.98. The van der Waals surface area contributed by atoms with Gasteiger partial charge in [0.1, 0.15) is 5.75 Å². The van der Waals surface area contributed by atoms with Crippen LogP contribution in [0.3, 0.4) is 0 Å². The standard InChI is InChI=1S/C14H17NO4/c1-2-9(14(17)18)8-15-13(16)11-3-4-12-10(7-11)5-6-19-12/h3-4,7,9H,2,5-6,8H2,1H3,(H,15,16)(H,17,18). The molecule has 0 spiro atoms. The Labute approximate surface area is 111 Å². The highest BCUT2D eigenvalue weighted by molar-refractivity contribution is 5.94. The molecule has 1 unspecified atom stereocenters. The van der Waals surface area contributed by atoms with Crippen molar-refractivity contribution in [1.29, 1.82) is 0 Å². The van der Waals surface area contributed by atoms with Crippen molar-refractivity contribution in [2.24, 2.45) is 5.92 Å². The molecule has 1 heterocycles. The summed E-state index contributed by atoms with van der Waals surface area (Å²) in [6.45, 7) is 2.59. The zero-order valence-electron chi connectivity index (χ0n) is 10.8. The molecule has 0 saturated carbocycles. The summed E-state index contributed by atoms with van der Waals surface area (Å²) < 4.78 is 5.37. The first kappa shape index (κ1) is 13.4. The second kappa shape index (κ2) is 5.73. The quantitative estimate of drug-likeness (QED) is 0.843. The molecular formula is C14H17NO4. The van der Waals surface area contributed by atoms with E-state index in [1.165, 1.54) is 0 Å². The summed E-state index contributed by atoms with van der Waals surface area (Å²) in [6.07, 6.45) is 1.30. The molecule has 2 rings (SSSR count). The molecule has 5 nitrogen and oxygen atoms in total. The number of fused-ring (bicyclic) bond motifs is 1. The zero-order chi connectivity index (χ0) is 13.8. The van der Waals surface area contributed by atoms with Gasteiger partial charge >= 0.3 is 5.97 Å². The minimum Gasteiger partial charge on any atom is -0.493 e. The van der Waals surface area contributed by atoms with E-state index < -0.39 is 11.9 Å². The first-order valence-electron chi connectivity index (χ1n) is 6.38. The summed E-state index contributed by atoms with van der Waals surface area (Å²) in [5.41, 5.74) is 1.57. The molecule has 1 aliphatic rings. The normalized spacial score (nSPS) is 14.4. The molecule has 0 fully saturated rings. The molecular weight excluding hydrogens is 246 g/mol. The van der Waals surface area contributed by atoms with Crippen molar-refractivity contribution >= 4 is 11.9 Å². The van der Waals surface area contributed by atoms with Crippen LogP contribution in [0.5, 0.6) is 5.75 Å². The van der Waals surface area contributed by atoms with Crippen molar-refractivity contribution in [3.05, 3.63) is 29.3 Å². The van der Waals surface area contributed by atoms with Crippen LogP contribution < -0.4 is 10.1 Å². The number of hydrogen-bond donors (Lipinski definition) is 2. The van der Waals surface area contributed by atoms with E-state index in [0.29, 0.717) is 18.6 Å². The summed E-state index contributed by atoms with van der Waals surface area (Å²) in [7, 11) is 0. The fourth-order valence-electron chi connectivity index (χ4n) is 2.05. The van der Waals surface area contributed by atoms with E-state index in [0.717, 1.165) is 17.7 Å². The van der Waals surface area contributed by atoms with E-state index in [2.05, 4.69) is 5.32 Å². The smallest absolute Gasteiger partial charge is 0.308 e. The Morgan fingerprint density at radius 1 is 1.47 bits per heavy atom. The van der Waals surface area contributed by atoms with Gasteiger partial charge in [0.05, 0.1) is 12.5 Å². The van der Waals surface area contributed by atoms with Crippen LogP contribution in [-0.2, 0) is 11.2 Å². The first-order chi connectivity index (χ1) is 9.11. The Morgan fingerprint density at radius 2 is 2.26 bits per heavy atom. The lowest BCUT2D eigenvalue weighted by Gasteiger charge is -2.11. The van der Waals surface area contributed by atoms with Crippen molar-refractivity contribution in [2.45, 2.75) is 19.8 Å². The number of carbonyl (C=O) groups is 2. The Bertz CT molecular complexity index is 498. The number of aliphatic carboxylic acids is 1. The van der Waals surface area contributed by atoms with Gasteiger partial charge < -0.3 is 15.2 Å². The fourth-order valence-corrected chi connectivity index (χ4v) is 2.05. The van der Waals surface area contributed by atoms with Gasteiger partial charge in [0, 0.05) is 18.5 Å². The van der Waals surface area contributed by atoms with Crippen LogP contribution in [0.15, 0.2) is 18.2 Å². The zero-order valence-corrected chi connectivity index (χ0v) is 10.8. The molecule has 5 heteroatoms. The predicted octanol–water partition coefficient (Wildman–Crippen LogP) is 1.46. The van der Waals surface area contributed by atoms with Gasteiger partial charge in [-0.25, -0.2) is 0 Å². The number of rotatable bonds is 5. The van der Waals surface area contributed by atoms with Crippen molar-refractivity contribution < 1.29 is 19.4 Å². The van der Waals surface area contributed by atoms with Gasteiger partial charge in [0.25, 0.3) is 5.91 Å². The third-order valence-corrected chi connectivity index (χ3v) is 3.30. The number of nitrogens with one attached hydrogen (secondary N) is 1. The number of carboxylic acids is 1. The van der Waals surface area contributed by atoms with Crippen LogP contribution >= 0.6 is 0 Å². The Kier molecular flexibility index (Phi) is 4.04. The van der Waals surface area contributed by atoms with E-state index >= 15 is 0 Å². The van der Waals surface area contributed by atoms with E-state index in [4.69, 9.17) is 9.84 Å². The van der Waals surface area contributed by atoms with Crippen LogP contribution in [0.25, 0.3) is 0 Å². The highest BCUT2D eigenvalue weighted by Gasteiger charge is 2.18. The molecule has 2 N–H and O–H groups in total. The van der Waals surface area contributed by atoms with Gasteiger partial charge in [-0.15, -0.1) is 0 Å². The summed E-state index contributed by atoms with van der Waals surface area (Å²) in [6, 6.07) is 5.28. The second-order valence-electron chi connectivity index (χ2n) is 4.57. The van der Waals surface area contributed by atoms with Gasteiger partial charge in [-0.1, -0.05) is 6.92 Å². The van der Waals surface area contributed by atoms with Crippen LogP contribution in [-0.4, -0.2) is 30.1 Å². The van der Waals surface area contributed by atoms with Crippen molar-refractivity contribution in [3.63, 3.8) is 0 Å². The molecule has 0 aromatic heterocycles. The molecule has 1 aliphatic heterocycles. The van der Waals surface area contributed by atoms with Crippen molar-refractivity contribution in [1.82, 2.24) is 5.32 Å². The maximum atomic E-state index is 11.9. The number of amides is 1. The summed E-state index contributed by atoms with van der Waals surface area (Å²) in [4.78, 5) is 22.8. The molecule has 19 heavy (non-hydrogen) atoms. The van der Waals surface area contributed by atoms with Gasteiger partial charge in [-0.05, 0) is 30.2 Å². The Morgan fingerprint density at radius 3 is 2.95 bits per heavy atom. The third kappa shape index (κ3) is 3.05. The number of hydrogen-bond acceptors (Lipinski definition) is 3. The molecule has 0 bridgehead atoms. The lowest BCUT2D eigenvalue weighted by Crippen LogP contribution is -2.32. The SMILES string of the molecule is CCC(CNC(=O)c1ccc2c(c1)CCO2)C(=O)O. The summed E-state index contributed by atoms with van der Waals surface area (Å²) in [5, 5.41) is 11.6. The first-order valence-corrected chi connectivity index (χ1v) is 6.38. The second-order valence-corrected chi connectivity index (χ2v) is 4.57. The highest BCUT2D eigenvalue weighted by atomic mass is 16.5. The van der Waals surface area contributed by atoms with E-state index in [9.17, 15) is 9.59 Å². The lowest BCUT2D eigenvalue weighted by molar-refractivity contribution is -0.141. The van der Waals surface area contributed by atoms with Crippen LogP contribution in [0.2, 0.25) is 0 Å². The number of benzene rings is 1. The molecule has 1 aromatic carbocycles. The fraction of sp³-hybridized carbons (Fsp3) is 0.429. The topological polar surface area (TPSA) is 75.6 Å². The van der Waals surface area contributed by atoms with E-state index in [1.54, 1.807) is 25.1 Å². The maximum absolute atomic E-state index is 11.9. The van der Waals surface area contributed by atoms with Crippen molar-refractivity contribution in [3.8, 4) is 5.75 Å². The molecule has 1 amide bonds. The van der Waals surface area contributed by atoms with Gasteiger partial charge in [0.15, 0.2) is 0 Å². The molecule has 0 saturated heterocycles. The molecule has 1 atom stereocenters. The van der Waals surface area contributed by atoms with Crippen LogP contribution in [0, 0.1) is 5.92 Å². The molecule has 102 valence electrons. The molecule has 0 aliphatic carbocycles. The maximum Gasteiger partial charge on any atom is 0.308 e. The number of carboxylic acid groups (broad SMARTS) is 1.